The molecule has 0 unspecified atom stereocenters. The van der Waals surface area contributed by atoms with E-state index in [-0.39, 0.29) is 5.91 Å². The zero-order chi connectivity index (χ0) is 11.4. The number of hydrogen-bond acceptors (Lipinski definition) is 3. The van der Waals surface area contributed by atoms with Crippen molar-refractivity contribution in [2.45, 2.75) is 19.3 Å². The number of carbonyl (C=O) groups is 1. The number of nitrogens with zero attached hydrogens (tertiary/aromatic N) is 1. The minimum absolute atomic E-state index is 0.142. The summed E-state index contributed by atoms with van der Waals surface area (Å²) in [7, 11) is 0. The second-order valence-corrected chi connectivity index (χ2v) is 3.62. The first-order chi connectivity index (χ1) is 7.79. The van der Waals surface area contributed by atoms with Gasteiger partial charge in [0.1, 0.15) is 5.82 Å². The van der Waals surface area contributed by atoms with Crippen LogP contribution in [0, 0.1) is 0 Å². The molecule has 4 N–H and O–H groups in total. The molecular weight excluding hydrogens is 204 g/mol. The van der Waals surface area contributed by atoms with Crippen molar-refractivity contribution in [3.05, 3.63) is 30.1 Å². The third-order valence-electron chi connectivity index (χ3n) is 2.42. The summed E-state index contributed by atoms with van der Waals surface area (Å²) in [5.41, 5.74) is 4.10. The van der Waals surface area contributed by atoms with E-state index in [1.54, 1.807) is 0 Å². The maximum atomic E-state index is 10.9. The van der Waals surface area contributed by atoms with E-state index in [4.69, 9.17) is 5.84 Å². The van der Waals surface area contributed by atoms with E-state index >= 15 is 0 Å². The van der Waals surface area contributed by atoms with E-state index in [2.05, 4.69) is 15.4 Å². The minimum Gasteiger partial charge on any atom is -0.342 e. The summed E-state index contributed by atoms with van der Waals surface area (Å²) in [5, 5.41) is 0. The molecule has 5 heteroatoms. The van der Waals surface area contributed by atoms with E-state index in [0.29, 0.717) is 6.42 Å². The van der Waals surface area contributed by atoms with Gasteiger partial charge in [0.2, 0.25) is 5.91 Å². The van der Waals surface area contributed by atoms with Crippen molar-refractivity contribution in [2.75, 3.05) is 0 Å². The molecule has 0 radical (unpaired) electrons. The van der Waals surface area contributed by atoms with E-state index < -0.39 is 0 Å². The van der Waals surface area contributed by atoms with Crippen molar-refractivity contribution in [2.24, 2.45) is 5.84 Å². The number of benzene rings is 1. The van der Waals surface area contributed by atoms with Gasteiger partial charge in [-0.15, -0.1) is 0 Å². The number of hydrogen-bond donors (Lipinski definition) is 3. The fraction of sp³-hybridized carbons (Fsp3) is 0.273. The van der Waals surface area contributed by atoms with Gasteiger partial charge < -0.3 is 4.98 Å². The van der Waals surface area contributed by atoms with E-state index in [0.717, 1.165) is 29.7 Å². The Hall–Kier alpha value is -1.88. The maximum Gasteiger partial charge on any atom is 0.233 e. The summed E-state index contributed by atoms with van der Waals surface area (Å²) >= 11 is 0. The molecule has 1 aromatic carbocycles. The lowest BCUT2D eigenvalue weighted by Gasteiger charge is -1.97. The fourth-order valence-corrected chi connectivity index (χ4v) is 1.61. The number of nitrogens with one attached hydrogen (secondary N) is 2. The molecule has 5 nitrogen and oxygen atoms in total. The van der Waals surface area contributed by atoms with Crippen molar-refractivity contribution < 1.29 is 4.79 Å². The van der Waals surface area contributed by atoms with Crippen LogP contribution in [-0.4, -0.2) is 15.9 Å². The number of amides is 1. The van der Waals surface area contributed by atoms with Crippen LogP contribution in [0.25, 0.3) is 11.0 Å². The number of imidazole rings is 1. The van der Waals surface area contributed by atoms with Crippen LogP contribution in [0.3, 0.4) is 0 Å². The molecule has 1 aromatic heterocycles. The number of aromatic nitrogens is 2. The Balaban J connectivity index is 1.97. The van der Waals surface area contributed by atoms with Gasteiger partial charge in [0.05, 0.1) is 11.0 Å². The number of para-hydroxylation sites is 2. The molecule has 2 aromatic rings. The van der Waals surface area contributed by atoms with Crippen molar-refractivity contribution in [1.29, 1.82) is 0 Å². The molecule has 1 amide bonds. The molecule has 0 saturated heterocycles. The van der Waals surface area contributed by atoms with Crippen LogP contribution in [0.15, 0.2) is 24.3 Å². The first kappa shape index (κ1) is 10.6. The number of aryl methyl sites for hydroxylation is 1. The molecule has 0 fully saturated rings. The molecule has 0 aliphatic heterocycles. The normalized spacial score (nSPS) is 10.6. The number of H-pyrrole nitrogens is 1. The quantitative estimate of drug-likeness (QED) is 0.404. The highest BCUT2D eigenvalue weighted by Crippen LogP contribution is 2.11. The van der Waals surface area contributed by atoms with Gasteiger partial charge in [0, 0.05) is 12.8 Å². The molecule has 0 saturated carbocycles. The van der Waals surface area contributed by atoms with E-state index in [1.807, 2.05) is 24.3 Å². The fourth-order valence-electron chi connectivity index (χ4n) is 1.61. The summed E-state index contributed by atoms with van der Waals surface area (Å²) in [4.78, 5) is 18.5. The SMILES string of the molecule is NNC(=O)CCCc1nc2ccccc2[nH]1. The van der Waals surface area contributed by atoms with Gasteiger partial charge in [-0.05, 0) is 18.6 Å². The minimum atomic E-state index is -0.142. The Kier molecular flexibility index (Phi) is 3.16. The van der Waals surface area contributed by atoms with Crippen LogP contribution in [0.1, 0.15) is 18.7 Å². The summed E-state index contributed by atoms with van der Waals surface area (Å²) in [6.07, 6.45) is 1.92. The molecule has 1 heterocycles. The van der Waals surface area contributed by atoms with E-state index in [9.17, 15) is 4.79 Å². The number of nitrogens with two attached hydrogens (primary N) is 1. The molecule has 0 aliphatic carbocycles. The van der Waals surface area contributed by atoms with Gasteiger partial charge in [-0.3, -0.25) is 10.2 Å². The predicted molar refractivity (Wildman–Crippen MR) is 61.4 cm³/mol. The Morgan fingerprint density at radius 3 is 3.00 bits per heavy atom. The maximum absolute atomic E-state index is 10.9. The summed E-state index contributed by atoms with van der Waals surface area (Å²) in [5.74, 6) is 5.76. The first-order valence-electron chi connectivity index (χ1n) is 5.22. The Labute approximate surface area is 93.0 Å². The van der Waals surface area contributed by atoms with Gasteiger partial charge in [-0.2, -0.15) is 0 Å². The van der Waals surface area contributed by atoms with Crippen LogP contribution in [0.4, 0.5) is 0 Å². The lowest BCUT2D eigenvalue weighted by molar-refractivity contribution is -0.121. The first-order valence-corrected chi connectivity index (χ1v) is 5.22. The average Bonchev–Trinajstić information content (AvgIpc) is 2.71. The second kappa shape index (κ2) is 4.76. The smallest absolute Gasteiger partial charge is 0.233 e. The molecule has 84 valence electrons. The summed E-state index contributed by atoms with van der Waals surface area (Å²) in [6.45, 7) is 0. The Morgan fingerprint density at radius 2 is 2.25 bits per heavy atom. The molecule has 0 aliphatic rings. The van der Waals surface area contributed by atoms with Crippen LogP contribution in [-0.2, 0) is 11.2 Å². The second-order valence-electron chi connectivity index (χ2n) is 3.62. The van der Waals surface area contributed by atoms with Gasteiger partial charge in [0.25, 0.3) is 0 Å². The predicted octanol–water partition coefficient (Wildman–Crippen LogP) is 0.875. The zero-order valence-corrected chi connectivity index (χ0v) is 8.86. The lowest BCUT2D eigenvalue weighted by atomic mass is 10.2. The third kappa shape index (κ3) is 2.38. The van der Waals surface area contributed by atoms with Crippen LogP contribution in [0.5, 0.6) is 0 Å². The van der Waals surface area contributed by atoms with Crippen LogP contribution >= 0.6 is 0 Å². The highest BCUT2D eigenvalue weighted by atomic mass is 16.2. The standard InChI is InChI=1S/C11H14N4O/c12-15-11(16)7-3-6-10-13-8-4-1-2-5-9(8)14-10/h1-2,4-5H,3,6-7,12H2,(H,13,14)(H,15,16). The van der Waals surface area contributed by atoms with Crippen molar-refractivity contribution >= 4 is 16.9 Å². The number of fused-ring (bicyclic) bond motifs is 1. The molecule has 16 heavy (non-hydrogen) atoms. The highest BCUT2D eigenvalue weighted by molar-refractivity contribution is 5.75. The monoisotopic (exact) mass is 218 g/mol. The zero-order valence-electron chi connectivity index (χ0n) is 8.86. The number of aromatic amines is 1. The van der Waals surface area contributed by atoms with Gasteiger partial charge in [0.15, 0.2) is 0 Å². The van der Waals surface area contributed by atoms with Crippen LogP contribution in [0.2, 0.25) is 0 Å². The average molecular weight is 218 g/mol. The van der Waals surface area contributed by atoms with Gasteiger partial charge in [-0.1, -0.05) is 12.1 Å². The summed E-state index contributed by atoms with van der Waals surface area (Å²) < 4.78 is 0. The molecule has 2 rings (SSSR count). The van der Waals surface area contributed by atoms with Gasteiger partial charge >= 0.3 is 0 Å². The third-order valence-corrected chi connectivity index (χ3v) is 2.42. The largest absolute Gasteiger partial charge is 0.342 e. The molecule has 0 atom stereocenters. The van der Waals surface area contributed by atoms with Crippen molar-refractivity contribution in [3.63, 3.8) is 0 Å². The molecular formula is C11H14N4O. The highest BCUT2D eigenvalue weighted by Gasteiger charge is 2.03. The van der Waals surface area contributed by atoms with Crippen LogP contribution < -0.4 is 11.3 Å². The van der Waals surface area contributed by atoms with Gasteiger partial charge in [-0.25, -0.2) is 10.8 Å². The van der Waals surface area contributed by atoms with Crippen molar-refractivity contribution in [1.82, 2.24) is 15.4 Å². The number of carbonyl (C=O) groups excluding carboxylic acids is 1. The summed E-state index contributed by atoms with van der Waals surface area (Å²) in [6, 6.07) is 7.86. The molecule has 0 spiro atoms. The lowest BCUT2D eigenvalue weighted by Crippen LogP contribution is -2.29. The topological polar surface area (TPSA) is 83.8 Å². The number of rotatable bonds is 4. The van der Waals surface area contributed by atoms with Crippen molar-refractivity contribution in [3.8, 4) is 0 Å². The Bertz CT molecular complexity index is 458. The van der Waals surface area contributed by atoms with E-state index in [1.165, 1.54) is 0 Å². The molecule has 0 bridgehead atoms. The Morgan fingerprint density at radius 1 is 1.44 bits per heavy atom. The number of hydrazine groups is 1.